The predicted octanol–water partition coefficient (Wildman–Crippen LogP) is 4.03. The third-order valence-electron chi connectivity index (χ3n) is 3.91. The molecular weight excluding hydrogens is 301 g/mol. The van der Waals surface area contributed by atoms with Crippen molar-refractivity contribution in [2.24, 2.45) is 0 Å². The van der Waals surface area contributed by atoms with E-state index in [0.29, 0.717) is 5.92 Å². The molecule has 0 saturated heterocycles. The van der Waals surface area contributed by atoms with Gasteiger partial charge in [-0.3, -0.25) is 0 Å². The van der Waals surface area contributed by atoms with E-state index in [1.54, 1.807) is 12.1 Å². The van der Waals surface area contributed by atoms with Crippen LogP contribution < -0.4 is 5.32 Å². The van der Waals surface area contributed by atoms with Gasteiger partial charge in [0.2, 0.25) is 0 Å². The minimum absolute atomic E-state index is 0. The molecule has 3 nitrogen and oxygen atoms in total. The van der Waals surface area contributed by atoms with Crippen LogP contribution in [0.2, 0.25) is 0 Å². The van der Waals surface area contributed by atoms with Gasteiger partial charge in [-0.1, -0.05) is 20.8 Å². The standard InChI is InChI=1S/C17H20FN3.ClH/c1-10(2)17-20-15-11(3)8-19-9-14(15)16(21-17)12-4-6-13(18)7-5-12;/h4-7,10-11,19H,8-9H2,1-3H3;1H. The van der Waals surface area contributed by atoms with Crippen molar-refractivity contribution in [3.8, 4) is 11.3 Å². The molecule has 1 aliphatic heterocycles. The first-order chi connectivity index (χ1) is 10.1. The molecule has 1 unspecified atom stereocenters. The number of fused-ring (bicyclic) bond motifs is 1. The van der Waals surface area contributed by atoms with Crippen molar-refractivity contribution < 1.29 is 4.39 Å². The van der Waals surface area contributed by atoms with Crippen molar-refractivity contribution in [2.75, 3.05) is 6.54 Å². The molecule has 0 aliphatic carbocycles. The average molecular weight is 322 g/mol. The van der Waals surface area contributed by atoms with E-state index >= 15 is 0 Å². The second-order valence-corrected chi connectivity index (χ2v) is 5.99. The first kappa shape index (κ1) is 16.8. The van der Waals surface area contributed by atoms with E-state index in [1.165, 1.54) is 12.1 Å². The van der Waals surface area contributed by atoms with Gasteiger partial charge in [-0.05, 0) is 24.3 Å². The van der Waals surface area contributed by atoms with E-state index in [0.717, 1.165) is 41.4 Å². The summed E-state index contributed by atoms with van der Waals surface area (Å²) in [6.07, 6.45) is 0. The largest absolute Gasteiger partial charge is 0.312 e. The monoisotopic (exact) mass is 321 g/mol. The molecule has 118 valence electrons. The highest BCUT2D eigenvalue weighted by molar-refractivity contribution is 5.85. The maximum Gasteiger partial charge on any atom is 0.131 e. The molecule has 0 amide bonds. The van der Waals surface area contributed by atoms with Gasteiger partial charge in [0.1, 0.15) is 11.6 Å². The Kier molecular flexibility index (Phi) is 5.14. The van der Waals surface area contributed by atoms with Crippen molar-refractivity contribution in [1.82, 2.24) is 15.3 Å². The van der Waals surface area contributed by atoms with Crippen LogP contribution in [0.25, 0.3) is 11.3 Å². The lowest BCUT2D eigenvalue weighted by molar-refractivity contribution is 0.547. The number of aromatic nitrogens is 2. The summed E-state index contributed by atoms with van der Waals surface area (Å²) >= 11 is 0. The number of nitrogens with zero attached hydrogens (tertiary/aromatic N) is 2. The van der Waals surface area contributed by atoms with Crippen LogP contribution >= 0.6 is 12.4 Å². The van der Waals surface area contributed by atoms with Gasteiger partial charge in [0.25, 0.3) is 0 Å². The average Bonchev–Trinajstić information content (AvgIpc) is 2.47. The Hall–Kier alpha value is -1.52. The molecule has 0 saturated carbocycles. The van der Waals surface area contributed by atoms with Crippen molar-refractivity contribution >= 4 is 12.4 Å². The summed E-state index contributed by atoms with van der Waals surface area (Å²) < 4.78 is 13.2. The highest BCUT2D eigenvalue weighted by atomic mass is 35.5. The summed E-state index contributed by atoms with van der Waals surface area (Å²) in [4.78, 5) is 9.52. The predicted molar refractivity (Wildman–Crippen MR) is 88.9 cm³/mol. The molecule has 3 rings (SSSR count). The van der Waals surface area contributed by atoms with Crippen LogP contribution in [0.15, 0.2) is 24.3 Å². The molecule has 0 fully saturated rings. The summed E-state index contributed by atoms with van der Waals surface area (Å²) in [6.45, 7) is 8.08. The Morgan fingerprint density at radius 2 is 1.86 bits per heavy atom. The lowest BCUT2D eigenvalue weighted by Crippen LogP contribution is -2.29. The molecule has 1 aromatic carbocycles. The molecule has 0 radical (unpaired) electrons. The molecule has 1 N–H and O–H groups in total. The lowest BCUT2D eigenvalue weighted by Gasteiger charge is -2.25. The van der Waals surface area contributed by atoms with E-state index in [-0.39, 0.29) is 24.1 Å². The second kappa shape index (κ2) is 6.71. The number of benzene rings is 1. The van der Waals surface area contributed by atoms with Gasteiger partial charge in [-0.2, -0.15) is 0 Å². The van der Waals surface area contributed by atoms with Gasteiger partial charge in [-0.25, -0.2) is 14.4 Å². The van der Waals surface area contributed by atoms with Gasteiger partial charge < -0.3 is 5.32 Å². The summed E-state index contributed by atoms with van der Waals surface area (Å²) in [7, 11) is 0. The van der Waals surface area contributed by atoms with Crippen molar-refractivity contribution in [1.29, 1.82) is 0 Å². The lowest BCUT2D eigenvalue weighted by atomic mass is 9.93. The highest BCUT2D eigenvalue weighted by Gasteiger charge is 2.24. The number of nitrogens with one attached hydrogen (secondary N) is 1. The van der Waals surface area contributed by atoms with Crippen LogP contribution in [0.4, 0.5) is 4.39 Å². The highest BCUT2D eigenvalue weighted by Crippen LogP contribution is 2.31. The molecule has 1 aromatic heterocycles. The number of hydrogen-bond donors (Lipinski definition) is 1. The van der Waals surface area contributed by atoms with Crippen LogP contribution in [-0.2, 0) is 6.54 Å². The zero-order valence-electron chi connectivity index (χ0n) is 13.1. The minimum atomic E-state index is -0.225. The molecular formula is C17H21ClFN3. The quantitative estimate of drug-likeness (QED) is 0.907. The van der Waals surface area contributed by atoms with E-state index in [9.17, 15) is 4.39 Å². The van der Waals surface area contributed by atoms with E-state index in [2.05, 4.69) is 26.1 Å². The van der Waals surface area contributed by atoms with Crippen LogP contribution in [0.5, 0.6) is 0 Å². The first-order valence-electron chi connectivity index (χ1n) is 7.43. The maximum atomic E-state index is 13.2. The Bertz CT molecular complexity index is 656. The fourth-order valence-corrected chi connectivity index (χ4v) is 2.72. The SMILES string of the molecule is CC(C)c1nc(-c2ccc(F)cc2)c2c(n1)C(C)CNC2.Cl. The zero-order valence-corrected chi connectivity index (χ0v) is 13.9. The number of halogens is 2. The topological polar surface area (TPSA) is 37.8 Å². The molecule has 2 aromatic rings. The molecule has 1 aliphatic rings. The van der Waals surface area contributed by atoms with Crippen LogP contribution in [0.3, 0.4) is 0 Å². The van der Waals surface area contributed by atoms with Crippen LogP contribution in [-0.4, -0.2) is 16.5 Å². The van der Waals surface area contributed by atoms with Gasteiger partial charge in [0, 0.05) is 36.1 Å². The Morgan fingerprint density at radius 3 is 2.50 bits per heavy atom. The summed E-state index contributed by atoms with van der Waals surface area (Å²) in [6, 6.07) is 6.56. The van der Waals surface area contributed by atoms with Crippen LogP contribution in [0.1, 0.15) is 49.7 Å². The van der Waals surface area contributed by atoms with Gasteiger partial charge in [-0.15, -0.1) is 12.4 Å². The molecule has 2 heterocycles. The second-order valence-electron chi connectivity index (χ2n) is 5.99. The normalized spacial score (nSPS) is 17.0. The Morgan fingerprint density at radius 1 is 1.18 bits per heavy atom. The Labute approximate surface area is 136 Å². The van der Waals surface area contributed by atoms with Crippen LogP contribution in [0, 0.1) is 5.82 Å². The fourth-order valence-electron chi connectivity index (χ4n) is 2.72. The van der Waals surface area contributed by atoms with E-state index < -0.39 is 0 Å². The van der Waals surface area contributed by atoms with Crippen molar-refractivity contribution in [3.63, 3.8) is 0 Å². The smallest absolute Gasteiger partial charge is 0.131 e. The number of rotatable bonds is 2. The van der Waals surface area contributed by atoms with Gasteiger partial charge in [0.05, 0.1) is 11.4 Å². The fraction of sp³-hybridized carbons (Fsp3) is 0.412. The van der Waals surface area contributed by atoms with E-state index in [4.69, 9.17) is 9.97 Å². The molecule has 22 heavy (non-hydrogen) atoms. The Balaban J connectivity index is 0.00000176. The molecule has 0 spiro atoms. The minimum Gasteiger partial charge on any atom is -0.312 e. The summed E-state index contributed by atoms with van der Waals surface area (Å²) in [5.41, 5.74) is 4.16. The first-order valence-corrected chi connectivity index (χ1v) is 7.43. The van der Waals surface area contributed by atoms with Crippen molar-refractivity contribution in [2.45, 2.75) is 39.2 Å². The molecule has 5 heteroatoms. The third kappa shape index (κ3) is 3.13. The summed E-state index contributed by atoms with van der Waals surface area (Å²) in [5.74, 6) is 1.28. The van der Waals surface area contributed by atoms with E-state index in [1.807, 2.05) is 0 Å². The molecule has 1 atom stereocenters. The number of hydrogen-bond acceptors (Lipinski definition) is 3. The zero-order chi connectivity index (χ0) is 15.0. The summed E-state index contributed by atoms with van der Waals surface area (Å²) in [5, 5.41) is 3.41. The van der Waals surface area contributed by atoms with Gasteiger partial charge in [0.15, 0.2) is 0 Å². The van der Waals surface area contributed by atoms with Gasteiger partial charge >= 0.3 is 0 Å². The van der Waals surface area contributed by atoms with Crippen molar-refractivity contribution in [3.05, 3.63) is 47.2 Å². The maximum absolute atomic E-state index is 13.2. The molecule has 0 bridgehead atoms. The third-order valence-corrected chi connectivity index (χ3v) is 3.91.